The Kier molecular flexibility index (Phi) is 8.28. The van der Waals surface area contributed by atoms with Gasteiger partial charge in [-0.05, 0) is 48.9 Å². The van der Waals surface area contributed by atoms with Crippen molar-refractivity contribution in [1.29, 1.82) is 0 Å². The number of nitrogens with zero attached hydrogens (tertiary/aromatic N) is 2. The van der Waals surface area contributed by atoms with Crippen LogP contribution >= 0.6 is 23.1 Å². The van der Waals surface area contributed by atoms with Crippen molar-refractivity contribution in [2.75, 3.05) is 26.1 Å². The van der Waals surface area contributed by atoms with E-state index < -0.39 is 58.2 Å². The number of rotatable bonds is 8. The number of carbonyl (C=O) groups is 5. The number of anilines is 1. The predicted octanol–water partition coefficient (Wildman–Crippen LogP) is 2.41. The number of esters is 1. The third kappa shape index (κ3) is 5.36. The highest BCUT2D eigenvalue weighted by Crippen LogP contribution is 2.54. The number of primary amides is 1. The Hall–Kier alpha value is -4.63. The van der Waals surface area contributed by atoms with Gasteiger partial charge in [-0.3, -0.25) is 23.7 Å². The number of carbonyl (C=O) groups excluding carboxylic acids is 5. The van der Waals surface area contributed by atoms with Gasteiger partial charge < -0.3 is 25.3 Å². The van der Waals surface area contributed by atoms with Gasteiger partial charge in [0.1, 0.15) is 11.8 Å². The number of likely N-dealkylation sites (tertiary alicyclic amines) is 1. The molecular weight excluding hydrogens is 600 g/mol. The molecule has 1 saturated heterocycles. The second kappa shape index (κ2) is 11.9. The molecule has 1 aromatic heterocycles. The Labute approximate surface area is 252 Å². The summed E-state index contributed by atoms with van der Waals surface area (Å²) in [4.78, 5) is 77.3. The molecule has 43 heavy (non-hydrogen) atoms. The number of hydrogen-bond donors (Lipinski definition) is 2. The highest BCUT2D eigenvalue weighted by molar-refractivity contribution is 8.00. The molecule has 0 spiro atoms. The lowest BCUT2D eigenvalue weighted by molar-refractivity contribution is -0.135. The van der Waals surface area contributed by atoms with Crippen molar-refractivity contribution in [3.63, 3.8) is 0 Å². The van der Waals surface area contributed by atoms with Crippen molar-refractivity contribution in [3.05, 3.63) is 68.1 Å². The third-order valence-electron chi connectivity index (χ3n) is 7.02. The summed E-state index contributed by atoms with van der Waals surface area (Å²) in [6, 6.07) is 9.85. The van der Waals surface area contributed by atoms with Crippen LogP contribution in [0.3, 0.4) is 0 Å². The van der Waals surface area contributed by atoms with Gasteiger partial charge in [0.05, 0.1) is 37.3 Å². The number of fused-ring (bicyclic) bond motifs is 2. The normalized spacial score (nSPS) is 19.0. The summed E-state index contributed by atoms with van der Waals surface area (Å²) < 4.78 is 17.0. The lowest BCUT2D eigenvalue weighted by Gasteiger charge is -2.31. The van der Waals surface area contributed by atoms with Crippen LogP contribution in [-0.2, 0) is 25.7 Å². The van der Waals surface area contributed by atoms with E-state index in [1.54, 1.807) is 25.1 Å². The Bertz CT molecular complexity index is 1700. The van der Waals surface area contributed by atoms with Crippen molar-refractivity contribution in [3.8, 4) is 11.5 Å². The molecule has 0 bridgehead atoms. The Morgan fingerprint density at radius 2 is 1.67 bits per heavy atom. The van der Waals surface area contributed by atoms with Crippen LogP contribution in [0.15, 0.2) is 52.3 Å². The first-order chi connectivity index (χ1) is 20.6. The van der Waals surface area contributed by atoms with E-state index >= 15 is 0 Å². The standard InChI is InChI=1S/C28H26N4O9S2/c1-4-41-26(36)13-5-8-15(9-6-13)30-18(33)12-31-25-22(43-28(31)38)19(14-7-10-16(39-2)17(11-14)40-3)20-21(42-25)24(35)32(23(20)34)27(29)37/h5-11,19-21H,4,12H2,1-3H3,(H2,29,37)(H,30,33). The molecule has 2 aliphatic heterocycles. The molecule has 2 aliphatic rings. The lowest BCUT2D eigenvalue weighted by Crippen LogP contribution is -2.41. The molecular formula is C28H26N4O9S2. The van der Waals surface area contributed by atoms with Crippen molar-refractivity contribution in [2.24, 2.45) is 11.7 Å². The van der Waals surface area contributed by atoms with Crippen LogP contribution in [0.4, 0.5) is 10.5 Å². The minimum absolute atomic E-state index is 0.226. The average molecular weight is 627 g/mol. The van der Waals surface area contributed by atoms with Gasteiger partial charge in [0.15, 0.2) is 11.5 Å². The van der Waals surface area contributed by atoms with Crippen LogP contribution in [0.25, 0.3) is 0 Å². The Morgan fingerprint density at radius 1 is 0.977 bits per heavy atom. The molecule has 1 fully saturated rings. The van der Waals surface area contributed by atoms with Gasteiger partial charge in [0, 0.05) is 16.5 Å². The van der Waals surface area contributed by atoms with E-state index in [0.717, 1.165) is 23.1 Å². The molecule has 15 heteroatoms. The number of benzene rings is 2. The number of thiazole rings is 1. The van der Waals surface area contributed by atoms with Crippen molar-refractivity contribution in [2.45, 2.75) is 29.7 Å². The molecule has 3 heterocycles. The van der Waals surface area contributed by atoms with Crippen molar-refractivity contribution >= 4 is 58.5 Å². The van der Waals surface area contributed by atoms with E-state index in [1.165, 1.54) is 43.1 Å². The topological polar surface area (TPSA) is 176 Å². The Balaban J connectivity index is 1.50. The summed E-state index contributed by atoms with van der Waals surface area (Å²) in [5.74, 6) is -3.65. The van der Waals surface area contributed by atoms with Gasteiger partial charge in [-0.25, -0.2) is 9.59 Å². The molecule has 224 valence electrons. The number of ether oxygens (including phenoxy) is 3. The molecule has 5 amide bonds. The number of nitrogens with one attached hydrogen (secondary N) is 1. The fraction of sp³-hybridized carbons (Fsp3) is 0.286. The summed E-state index contributed by atoms with van der Waals surface area (Å²) in [6.07, 6.45) is 0. The van der Waals surface area contributed by atoms with Crippen molar-refractivity contribution in [1.82, 2.24) is 9.47 Å². The largest absolute Gasteiger partial charge is 0.493 e. The molecule has 3 N–H and O–H groups in total. The van der Waals surface area contributed by atoms with Crippen LogP contribution in [0.5, 0.6) is 11.5 Å². The van der Waals surface area contributed by atoms with Gasteiger partial charge in [0.2, 0.25) is 11.8 Å². The van der Waals surface area contributed by atoms with Gasteiger partial charge in [0.25, 0.3) is 5.91 Å². The number of nitrogens with two attached hydrogens (primary N) is 1. The Morgan fingerprint density at radius 3 is 2.30 bits per heavy atom. The SMILES string of the molecule is CCOC(=O)c1ccc(NC(=O)Cn2c3c(sc2=O)C(c2ccc(OC)c(OC)c2)C2C(=O)N(C(N)=O)C(=O)C2S3)cc1. The van der Waals surface area contributed by atoms with E-state index in [1.807, 2.05) is 0 Å². The number of amides is 5. The minimum atomic E-state index is -1.19. The van der Waals surface area contributed by atoms with Gasteiger partial charge in [-0.1, -0.05) is 29.2 Å². The molecule has 3 aromatic rings. The maximum Gasteiger partial charge on any atom is 0.338 e. The zero-order valence-corrected chi connectivity index (χ0v) is 24.8. The molecule has 0 aliphatic carbocycles. The highest BCUT2D eigenvalue weighted by atomic mass is 32.2. The second-order valence-electron chi connectivity index (χ2n) is 9.48. The van der Waals surface area contributed by atoms with Gasteiger partial charge in [-0.15, -0.1) is 0 Å². The summed E-state index contributed by atoms with van der Waals surface area (Å²) in [6.45, 7) is 1.53. The molecule has 0 saturated carbocycles. The van der Waals surface area contributed by atoms with E-state index in [-0.39, 0.29) is 6.61 Å². The van der Waals surface area contributed by atoms with E-state index in [0.29, 0.717) is 43.1 Å². The summed E-state index contributed by atoms with van der Waals surface area (Å²) in [5.41, 5.74) is 6.63. The number of aromatic nitrogens is 1. The maximum absolute atomic E-state index is 13.4. The highest BCUT2D eigenvalue weighted by Gasteiger charge is 2.58. The van der Waals surface area contributed by atoms with E-state index in [9.17, 15) is 28.8 Å². The smallest absolute Gasteiger partial charge is 0.338 e. The average Bonchev–Trinajstić information content (AvgIpc) is 3.43. The number of imide groups is 3. The van der Waals surface area contributed by atoms with E-state index in [4.69, 9.17) is 19.9 Å². The number of urea groups is 1. The first-order valence-corrected chi connectivity index (χ1v) is 14.7. The van der Waals surface area contributed by atoms with Gasteiger partial charge in [-0.2, -0.15) is 4.90 Å². The van der Waals surface area contributed by atoms with Crippen molar-refractivity contribution < 1.29 is 38.2 Å². The van der Waals surface area contributed by atoms with Crippen LogP contribution in [0, 0.1) is 5.92 Å². The lowest BCUT2D eigenvalue weighted by atomic mass is 9.83. The number of hydrogen-bond acceptors (Lipinski definition) is 11. The van der Waals surface area contributed by atoms with Crippen LogP contribution in [0.2, 0.25) is 0 Å². The molecule has 0 radical (unpaired) electrons. The molecule has 5 rings (SSSR count). The zero-order valence-electron chi connectivity index (χ0n) is 23.2. The fourth-order valence-corrected chi connectivity index (χ4v) is 7.90. The monoisotopic (exact) mass is 626 g/mol. The quantitative estimate of drug-likeness (QED) is 0.279. The third-order valence-corrected chi connectivity index (χ3v) is 9.62. The molecule has 3 unspecified atom stereocenters. The summed E-state index contributed by atoms with van der Waals surface area (Å²) >= 11 is 1.80. The molecule has 3 atom stereocenters. The maximum atomic E-state index is 13.4. The predicted molar refractivity (Wildman–Crippen MR) is 156 cm³/mol. The summed E-state index contributed by atoms with van der Waals surface area (Å²) in [5, 5.41) is 1.96. The second-order valence-corrected chi connectivity index (χ2v) is 11.6. The fourth-order valence-electron chi connectivity index (χ4n) is 5.13. The minimum Gasteiger partial charge on any atom is -0.493 e. The first kappa shape index (κ1) is 29.8. The van der Waals surface area contributed by atoms with E-state index in [2.05, 4.69) is 5.32 Å². The zero-order chi connectivity index (χ0) is 31.0. The molecule has 2 aromatic carbocycles. The summed E-state index contributed by atoms with van der Waals surface area (Å²) in [7, 11) is 2.92. The van der Waals surface area contributed by atoms with Crippen LogP contribution in [0.1, 0.15) is 33.6 Å². The number of thioether (sulfide) groups is 1. The van der Waals surface area contributed by atoms with Crippen LogP contribution < -0.4 is 25.4 Å². The molecule has 13 nitrogen and oxygen atoms in total. The van der Waals surface area contributed by atoms with Crippen LogP contribution in [-0.4, -0.2) is 65.3 Å². The number of methoxy groups -OCH3 is 2. The first-order valence-electron chi connectivity index (χ1n) is 13.0. The van der Waals surface area contributed by atoms with Gasteiger partial charge >= 0.3 is 16.9 Å².